The number of aromatic nitrogens is 2. The van der Waals surface area contributed by atoms with Gasteiger partial charge in [-0.25, -0.2) is 4.98 Å². The maximum atomic E-state index is 13.0. The molecule has 146 valence electrons. The molecule has 2 amide bonds. The smallest absolute Gasteiger partial charge is 0.227 e. The van der Waals surface area contributed by atoms with E-state index in [9.17, 15) is 9.59 Å². The number of para-hydroxylation sites is 2. The van der Waals surface area contributed by atoms with Gasteiger partial charge in [-0.15, -0.1) is 0 Å². The van der Waals surface area contributed by atoms with Crippen LogP contribution in [0.1, 0.15) is 25.6 Å². The van der Waals surface area contributed by atoms with Crippen LogP contribution < -0.4 is 0 Å². The summed E-state index contributed by atoms with van der Waals surface area (Å²) in [6.07, 6.45) is 1.75. The fraction of sp³-hybridized carbons (Fsp3) is 0.550. The zero-order valence-corrected chi connectivity index (χ0v) is 16.1. The van der Waals surface area contributed by atoms with Crippen LogP contribution in [-0.4, -0.2) is 71.5 Å². The molecule has 0 bridgehead atoms. The Balaban J connectivity index is 1.59. The lowest BCUT2D eigenvalue weighted by Crippen LogP contribution is -2.48. The van der Waals surface area contributed by atoms with Gasteiger partial charge in [-0.05, 0) is 25.5 Å². The summed E-state index contributed by atoms with van der Waals surface area (Å²) in [6.45, 7) is 4.80. The first-order valence-electron chi connectivity index (χ1n) is 9.61. The van der Waals surface area contributed by atoms with Crippen molar-refractivity contribution in [2.75, 3.05) is 39.9 Å². The largest absolute Gasteiger partial charge is 0.383 e. The molecule has 1 N–H and O–H groups in total. The van der Waals surface area contributed by atoms with E-state index in [1.54, 1.807) is 12.0 Å². The molecule has 1 aliphatic heterocycles. The number of amides is 2. The third-order valence-electron chi connectivity index (χ3n) is 5.17. The molecule has 1 atom stereocenters. The lowest BCUT2D eigenvalue weighted by Gasteiger charge is -2.34. The number of nitrogens with zero attached hydrogens (tertiary/aromatic N) is 3. The minimum atomic E-state index is -0.129. The number of rotatable bonds is 8. The van der Waals surface area contributed by atoms with Gasteiger partial charge in [0, 0.05) is 46.1 Å². The molecule has 3 rings (SSSR count). The number of methoxy groups -OCH3 is 1. The number of nitrogens with one attached hydrogen (secondary N) is 1. The summed E-state index contributed by atoms with van der Waals surface area (Å²) in [5, 5.41) is 0. The maximum absolute atomic E-state index is 13.0. The van der Waals surface area contributed by atoms with E-state index >= 15 is 0 Å². The number of carbonyl (C=O) groups excluding carboxylic acids is 2. The third-order valence-corrected chi connectivity index (χ3v) is 5.17. The first-order chi connectivity index (χ1) is 13.1. The second-order valence-electron chi connectivity index (χ2n) is 6.94. The van der Waals surface area contributed by atoms with Gasteiger partial charge >= 0.3 is 0 Å². The van der Waals surface area contributed by atoms with Gasteiger partial charge in [-0.3, -0.25) is 9.59 Å². The Morgan fingerprint density at radius 3 is 2.96 bits per heavy atom. The van der Waals surface area contributed by atoms with Crippen LogP contribution in [0.5, 0.6) is 0 Å². The van der Waals surface area contributed by atoms with E-state index in [0.717, 1.165) is 16.9 Å². The van der Waals surface area contributed by atoms with Crippen LogP contribution in [0, 0.1) is 5.92 Å². The molecule has 2 heterocycles. The number of likely N-dealkylation sites (tertiary alicyclic amines) is 1. The van der Waals surface area contributed by atoms with E-state index in [0.29, 0.717) is 52.0 Å². The third kappa shape index (κ3) is 4.66. The molecule has 1 aromatic carbocycles. The number of ether oxygens (including phenoxy) is 1. The van der Waals surface area contributed by atoms with E-state index in [-0.39, 0.29) is 17.7 Å². The fourth-order valence-electron chi connectivity index (χ4n) is 3.58. The van der Waals surface area contributed by atoms with Crippen LogP contribution in [0.25, 0.3) is 11.0 Å². The number of imidazole rings is 1. The highest BCUT2D eigenvalue weighted by atomic mass is 16.5. The summed E-state index contributed by atoms with van der Waals surface area (Å²) in [6, 6.07) is 7.92. The average Bonchev–Trinajstić information content (AvgIpc) is 3.10. The van der Waals surface area contributed by atoms with E-state index in [1.165, 1.54) is 0 Å². The van der Waals surface area contributed by atoms with Gasteiger partial charge in [-0.2, -0.15) is 0 Å². The van der Waals surface area contributed by atoms with Crippen molar-refractivity contribution in [3.63, 3.8) is 0 Å². The molecule has 1 saturated heterocycles. The van der Waals surface area contributed by atoms with Crippen molar-refractivity contribution in [2.45, 2.75) is 26.2 Å². The highest BCUT2D eigenvalue weighted by Gasteiger charge is 2.32. The second-order valence-corrected chi connectivity index (χ2v) is 6.94. The molecule has 1 aromatic heterocycles. The normalized spacial score (nSPS) is 17.5. The number of aromatic amines is 1. The topological polar surface area (TPSA) is 78.5 Å². The van der Waals surface area contributed by atoms with Crippen LogP contribution in [0.4, 0.5) is 0 Å². The summed E-state index contributed by atoms with van der Waals surface area (Å²) >= 11 is 0. The van der Waals surface area contributed by atoms with E-state index in [2.05, 4.69) is 9.97 Å². The highest BCUT2D eigenvalue weighted by molar-refractivity contribution is 5.84. The number of hydrogen-bond acceptors (Lipinski definition) is 4. The molecule has 7 heteroatoms. The molecule has 0 spiro atoms. The van der Waals surface area contributed by atoms with Gasteiger partial charge < -0.3 is 19.5 Å². The number of benzene rings is 1. The summed E-state index contributed by atoms with van der Waals surface area (Å²) in [5.41, 5.74) is 1.96. The maximum Gasteiger partial charge on any atom is 0.227 e. The molecule has 0 aliphatic carbocycles. The molecule has 2 aromatic rings. The van der Waals surface area contributed by atoms with Crippen LogP contribution in [0.3, 0.4) is 0 Å². The van der Waals surface area contributed by atoms with Crippen molar-refractivity contribution in [1.29, 1.82) is 0 Å². The number of hydrogen-bond donors (Lipinski definition) is 1. The highest BCUT2D eigenvalue weighted by Crippen LogP contribution is 2.20. The summed E-state index contributed by atoms with van der Waals surface area (Å²) < 4.78 is 5.07. The SMILES string of the molecule is CCN(CCc1nc2ccccc2[nH]1)C(=O)[C@@H]1CCC(=O)N(CCOC)C1. The Morgan fingerprint density at radius 1 is 1.41 bits per heavy atom. The molecule has 0 saturated carbocycles. The molecule has 0 radical (unpaired) electrons. The molecule has 27 heavy (non-hydrogen) atoms. The van der Waals surface area contributed by atoms with Crippen molar-refractivity contribution in [3.05, 3.63) is 30.1 Å². The number of fused-ring (bicyclic) bond motifs is 1. The Hall–Kier alpha value is -2.41. The number of H-pyrrole nitrogens is 1. The van der Waals surface area contributed by atoms with E-state index in [1.807, 2.05) is 36.1 Å². The number of piperidine rings is 1. The summed E-state index contributed by atoms with van der Waals surface area (Å²) in [5.74, 6) is 1.00. The lowest BCUT2D eigenvalue weighted by atomic mass is 9.96. The molecule has 0 unspecified atom stereocenters. The molecular weight excluding hydrogens is 344 g/mol. The zero-order chi connectivity index (χ0) is 19.2. The van der Waals surface area contributed by atoms with E-state index < -0.39 is 0 Å². The zero-order valence-electron chi connectivity index (χ0n) is 16.1. The number of likely N-dealkylation sites (N-methyl/N-ethyl adjacent to an activating group) is 1. The van der Waals surface area contributed by atoms with Crippen LogP contribution in [-0.2, 0) is 20.7 Å². The molecule has 7 nitrogen and oxygen atoms in total. The average molecular weight is 372 g/mol. The van der Waals surface area contributed by atoms with Gasteiger partial charge in [0.1, 0.15) is 5.82 Å². The second kappa shape index (κ2) is 8.99. The van der Waals surface area contributed by atoms with Gasteiger partial charge in [0.25, 0.3) is 0 Å². The standard InChI is InChI=1S/C20H28N4O3/c1-3-23(11-10-18-21-16-6-4-5-7-17(16)22-18)20(26)15-8-9-19(25)24(14-15)12-13-27-2/h4-7,15H,3,8-14H2,1-2H3,(H,21,22)/t15-/m1/s1. The monoisotopic (exact) mass is 372 g/mol. The van der Waals surface area contributed by atoms with Crippen LogP contribution in [0.2, 0.25) is 0 Å². The Bertz CT molecular complexity index is 755. The first-order valence-corrected chi connectivity index (χ1v) is 9.61. The minimum absolute atomic E-state index is 0.112. The first kappa shape index (κ1) is 19.4. The predicted molar refractivity (Wildman–Crippen MR) is 103 cm³/mol. The minimum Gasteiger partial charge on any atom is -0.383 e. The molecule has 1 fully saturated rings. The Morgan fingerprint density at radius 2 is 2.22 bits per heavy atom. The fourth-order valence-corrected chi connectivity index (χ4v) is 3.58. The quantitative estimate of drug-likeness (QED) is 0.767. The van der Waals surface area contributed by atoms with Crippen LogP contribution in [0.15, 0.2) is 24.3 Å². The molecule has 1 aliphatic rings. The lowest BCUT2D eigenvalue weighted by molar-refractivity contribution is -0.143. The van der Waals surface area contributed by atoms with Crippen LogP contribution >= 0.6 is 0 Å². The molecular formula is C20H28N4O3. The number of carbonyl (C=O) groups is 2. The van der Waals surface area contributed by atoms with Gasteiger partial charge in [0.15, 0.2) is 0 Å². The van der Waals surface area contributed by atoms with Crippen molar-refractivity contribution >= 4 is 22.8 Å². The van der Waals surface area contributed by atoms with Gasteiger partial charge in [0.05, 0.1) is 23.6 Å². The van der Waals surface area contributed by atoms with Crippen molar-refractivity contribution in [2.24, 2.45) is 5.92 Å². The summed E-state index contributed by atoms with van der Waals surface area (Å²) in [4.78, 5) is 36.5. The van der Waals surface area contributed by atoms with E-state index in [4.69, 9.17) is 4.74 Å². The Labute approximate surface area is 159 Å². The van der Waals surface area contributed by atoms with Gasteiger partial charge in [-0.1, -0.05) is 12.1 Å². The van der Waals surface area contributed by atoms with Crippen molar-refractivity contribution in [1.82, 2.24) is 19.8 Å². The van der Waals surface area contributed by atoms with Gasteiger partial charge in [0.2, 0.25) is 11.8 Å². The predicted octanol–water partition coefficient (Wildman–Crippen LogP) is 1.84. The van der Waals surface area contributed by atoms with Crippen molar-refractivity contribution < 1.29 is 14.3 Å². The van der Waals surface area contributed by atoms with Crippen molar-refractivity contribution in [3.8, 4) is 0 Å². The summed E-state index contributed by atoms with van der Waals surface area (Å²) in [7, 11) is 1.62. The Kier molecular flexibility index (Phi) is 6.45.